The minimum atomic E-state index is -0.534. The molecular formula is C21H18N4O5. The Morgan fingerprint density at radius 3 is 2.47 bits per heavy atom. The van der Waals surface area contributed by atoms with E-state index in [1.54, 1.807) is 49.6 Å². The van der Waals surface area contributed by atoms with E-state index in [1.807, 2.05) is 0 Å². The monoisotopic (exact) mass is 406 g/mol. The molecule has 0 aliphatic rings. The highest BCUT2D eigenvalue weighted by atomic mass is 16.6. The maximum absolute atomic E-state index is 12.3. The van der Waals surface area contributed by atoms with E-state index in [-0.39, 0.29) is 11.4 Å². The summed E-state index contributed by atoms with van der Waals surface area (Å²) < 4.78 is 15.8. The van der Waals surface area contributed by atoms with E-state index in [2.05, 4.69) is 20.5 Å². The topological polar surface area (TPSA) is 112 Å². The van der Waals surface area contributed by atoms with Crippen molar-refractivity contribution in [3.63, 3.8) is 0 Å². The smallest absolute Gasteiger partial charge is 0.343 e. The van der Waals surface area contributed by atoms with Gasteiger partial charge in [0.1, 0.15) is 11.4 Å². The molecule has 1 aromatic heterocycles. The summed E-state index contributed by atoms with van der Waals surface area (Å²) in [6.45, 7) is 0. The average Bonchev–Trinajstić information content (AvgIpc) is 2.80. The molecule has 0 fully saturated rings. The van der Waals surface area contributed by atoms with Crippen LogP contribution in [0.4, 0.5) is 0 Å². The molecule has 0 saturated heterocycles. The fraction of sp³-hybridized carbons (Fsp3) is 0.0952. The lowest BCUT2D eigenvalue weighted by atomic mass is 10.2. The molecule has 1 heterocycles. The maximum Gasteiger partial charge on any atom is 0.343 e. The number of amides is 1. The van der Waals surface area contributed by atoms with Gasteiger partial charge in [-0.05, 0) is 48.0 Å². The molecule has 0 atom stereocenters. The Labute approximate surface area is 172 Å². The predicted octanol–water partition coefficient (Wildman–Crippen LogP) is 2.48. The van der Waals surface area contributed by atoms with Gasteiger partial charge in [0.05, 0.1) is 32.2 Å². The molecule has 3 rings (SSSR count). The van der Waals surface area contributed by atoms with Gasteiger partial charge in [-0.3, -0.25) is 9.78 Å². The van der Waals surface area contributed by atoms with Gasteiger partial charge in [0.15, 0.2) is 11.5 Å². The number of hydrogen-bond acceptors (Lipinski definition) is 8. The highest BCUT2D eigenvalue weighted by molar-refractivity contribution is 5.93. The van der Waals surface area contributed by atoms with Crippen LogP contribution in [0.2, 0.25) is 0 Å². The van der Waals surface area contributed by atoms with Crippen molar-refractivity contribution in [3.05, 3.63) is 77.9 Å². The number of nitrogens with one attached hydrogen (secondary N) is 1. The maximum atomic E-state index is 12.3. The highest BCUT2D eigenvalue weighted by Crippen LogP contribution is 2.28. The minimum absolute atomic E-state index is 0.146. The molecule has 9 nitrogen and oxygen atoms in total. The van der Waals surface area contributed by atoms with Crippen LogP contribution in [0.5, 0.6) is 17.2 Å². The molecule has 0 aliphatic carbocycles. The zero-order chi connectivity index (χ0) is 21.3. The average molecular weight is 406 g/mol. The zero-order valence-corrected chi connectivity index (χ0v) is 16.2. The van der Waals surface area contributed by atoms with E-state index in [9.17, 15) is 9.59 Å². The number of hydrazone groups is 1. The van der Waals surface area contributed by atoms with Crippen molar-refractivity contribution < 1.29 is 23.8 Å². The molecule has 1 amide bonds. The largest absolute Gasteiger partial charge is 0.497 e. The van der Waals surface area contributed by atoms with Gasteiger partial charge in [-0.25, -0.2) is 15.2 Å². The summed E-state index contributed by atoms with van der Waals surface area (Å²) in [5, 5.41) is 3.88. The van der Waals surface area contributed by atoms with Crippen LogP contribution in [0, 0.1) is 0 Å². The number of benzene rings is 2. The lowest BCUT2D eigenvalue weighted by Crippen LogP contribution is -2.19. The van der Waals surface area contributed by atoms with Crippen molar-refractivity contribution in [1.82, 2.24) is 15.4 Å². The van der Waals surface area contributed by atoms with Gasteiger partial charge < -0.3 is 14.2 Å². The second-order valence-electron chi connectivity index (χ2n) is 5.82. The molecular weight excluding hydrogens is 388 g/mol. The fourth-order valence-corrected chi connectivity index (χ4v) is 2.37. The van der Waals surface area contributed by atoms with Crippen LogP contribution in [0.15, 0.2) is 66.2 Å². The number of methoxy groups -OCH3 is 2. The summed E-state index contributed by atoms with van der Waals surface area (Å²) >= 11 is 0. The number of carbonyl (C=O) groups excluding carboxylic acids is 2. The third kappa shape index (κ3) is 5.16. The molecule has 1 N–H and O–H groups in total. The van der Waals surface area contributed by atoms with E-state index in [4.69, 9.17) is 14.2 Å². The van der Waals surface area contributed by atoms with E-state index in [0.29, 0.717) is 22.6 Å². The van der Waals surface area contributed by atoms with Crippen LogP contribution in [-0.4, -0.2) is 42.3 Å². The third-order valence-electron chi connectivity index (χ3n) is 3.89. The SMILES string of the molecule is COc1ccc(C(=O)Oc2ccc(C=NNC(=O)c3cnccn3)cc2OC)cc1. The first-order valence-electron chi connectivity index (χ1n) is 8.74. The van der Waals surface area contributed by atoms with Crippen molar-refractivity contribution >= 4 is 18.1 Å². The van der Waals surface area contributed by atoms with Crippen LogP contribution >= 0.6 is 0 Å². The van der Waals surface area contributed by atoms with Crippen LogP contribution in [0.1, 0.15) is 26.4 Å². The molecule has 0 saturated carbocycles. The molecule has 0 unspecified atom stereocenters. The first-order chi connectivity index (χ1) is 14.6. The molecule has 30 heavy (non-hydrogen) atoms. The van der Waals surface area contributed by atoms with Gasteiger partial charge in [-0.15, -0.1) is 0 Å². The Bertz CT molecular complexity index is 1050. The van der Waals surface area contributed by atoms with Crippen LogP contribution in [0.3, 0.4) is 0 Å². The van der Waals surface area contributed by atoms with Gasteiger partial charge in [0.2, 0.25) is 0 Å². The van der Waals surface area contributed by atoms with Crippen molar-refractivity contribution in [1.29, 1.82) is 0 Å². The predicted molar refractivity (Wildman–Crippen MR) is 108 cm³/mol. The molecule has 0 bridgehead atoms. The number of aromatic nitrogens is 2. The zero-order valence-electron chi connectivity index (χ0n) is 16.2. The lowest BCUT2D eigenvalue weighted by Gasteiger charge is -2.10. The molecule has 0 spiro atoms. The van der Waals surface area contributed by atoms with E-state index in [1.165, 1.54) is 31.9 Å². The number of rotatable bonds is 7. The summed E-state index contributed by atoms with van der Waals surface area (Å²) in [5.74, 6) is 0.198. The number of ether oxygens (including phenoxy) is 3. The standard InChI is InChI=1S/C21H18N4O5/c1-28-16-6-4-15(5-7-16)21(27)30-18-8-3-14(11-19(18)29-2)12-24-25-20(26)17-13-22-9-10-23-17/h3-13H,1-2H3,(H,25,26). The van der Waals surface area contributed by atoms with Crippen molar-refractivity contribution in [2.24, 2.45) is 5.10 Å². The normalized spacial score (nSPS) is 10.5. The lowest BCUT2D eigenvalue weighted by molar-refractivity contribution is 0.0729. The number of carbonyl (C=O) groups is 2. The highest BCUT2D eigenvalue weighted by Gasteiger charge is 2.13. The molecule has 3 aromatic rings. The van der Waals surface area contributed by atoms with Gasteiger partial charge in [-0.1, -0.05) is 0 Å². The molecule has 152 valence electrons. The summed E-state index contributed by atoms with van der Waals surface area (Å²) in [4.78, 5) is 31.9. The Morgan fingerprint density at radius 2 is 1.80 bits per heavy atom. The number of hydrogen-bond donors (Lipinski definition) is 1. The Morgan fingerprint density at radius 1 is 1.00 bits per heavy atom. The summed E-state index contributed by atoms with van der Waals surface area (Å²) in [5.41, 5.74) is 3.49. The minimum Gasteiger partial charge on any atom is -0.497 e. The second-order valence-corrected chi connectivity index (χ2v) is 5.82. The summed E-state index contributed by atoms with van der Waals surface area (Å²) in [6, 6.07) is 11.4. The van der Waals surface area contributed by atoms with E-state index >= 15 is 0 Å². The van der Waals surface area contributed by atoms with Gasteiger partial charge in [0.25, 0.3) is 5.91 Å². The van der Waals surface area contributed by atoms with Crippen molar-refractivity contribution in [2.75, 3.05) is 14.2 Å². The quantitative estimate of drug-likeness (QED) is 0.278. The fourth-order valence-electron chi connectivity index (χ4n) is 2.37. The van der Waals surface area contributed by atoms with Crippen LogP contribution in [-0.2, 0) is 0 Å². The van der Waals surface area contributed by atoms with Crippen molar-refractivity contribution in [2.45, 2.75) is 0 Å². The second kappa shape index (κ2) is 9.78. The number of esters is 1. The Hall–Kier alpha value is -4.27. The molecule has 0 radical (unpaired) electrons. The Balaban J connectivity index is 1.66. The van der Waals surface area contributed by atoms with Crippen LogP contribution < -0.4 is 19.6 Å². The summed E-state index contributed by atoms with van der Waals surface area (Å²) in [6.07, 6.45) is 5.64. The van der Waals surface area contributed by atoms with E-state index in [0.717, 1.165) is 0 Å². The first-order valence-corrected chi connectivity index (χ1v) is 8.74. The van der Waals surface area contributed by atoms with E-state index < -0.39 is 11.9 Å². The third-order valence-corrected chi connectivity index (χ3v) is 3.89. The Kier molecular flexibility index (Phi) is 6.67. The molecule has 9 heteroatoms. The van der Waals surface area contributed by atoms with Crippen LogP contribution in [0.25, 0.3) is 0 Å². The first kappa shape index (κ1) is 20.5. The van der Waals surface area contributed by atoms with Gasteiger partial charge in [0, 0.05) is 12.4 Å². The summed E-state index contributed by atoms with van der Waals surface area (Å²) in [7, 11) is 3.00. The number of nitrogens with zero attached hydrogens (tertiary/aromatic N) is 3. The molecule has 2 aromatic carbocycles. The molecule has 0 aliphatic heterocycles. The van der Waals surface area contributed by atoms with Gasteiger partial charge >= 0.3 is 5.97 Å². The van der Waals surface area contributed by atoms with Crippen molar-refractivity contribution in [3.8, 4) is 17.2 Å². The van der Waals surface area contributed by atoms with Gasteiger partial charge in [-0.2, -0.15) is 5.10 Å².